The van der Waals surface area contributed by atoms with E-state index in [9.17, 15) is 0 Å². The second-order valence-corrected chi connectivity index (χ2v) is 13.8. The molecule has 0 unspecified atom stereocenters. The molecule has 8 rings (SSSR count). The minimum atomic E-state index is 0.0464. The van der Waals surface area contributed by atoms with Gasteiger partial charge in [-0.15, -0.1) is 0 Å². The fourth-order valence-corrected chi connectivity index (χ4v) is 9.19. The zero-order chi connectivity index (χ0) is 33.6. The number of anilines is 3. The summed E-state index contributed by atoms with van der Waals surface area (Å²) in [5, 5.41) is 2.47. The van der Waals surface area contributed by atoms with Crippen molar-refractivity contribution in [3.63, 3.8) is 0 Å². The van der Waals surface area contributed by atoms with Crippen molar-refractivity contribution in [3.8, 4) is 0 Å². The average molecular weight is 636 g/mol. The van der Waals surface area contributed by atoms with Crippen LogP contribution in [-0.2, 0) is 10.8 Å². The highest BCUT2D eigenvalue weighted by molar-refractivity contribution is 6.10. The monoisotopic (exact) mass is 635 g/mol. The summed E-state index contributed by atoms with van der Waals surface area (Å²) >= 11 is 0. The molecule has 0 heterocycles. The topological polar surface area (TPSA) is 3.24 Å². The smallest absolute Gasteiger partial charge is 0.0468 e. The van der Waals surface area contributed by atoms with Crippen LogP contribution in [0.25, 0.3) is 34.1 Å². The lowest BCUT2D eigenvalue weighted by atomic mass is 9.69. The Bertz CT molecular complexity index is 2170. The predicted octanol–water partition coefficient (Wildman–Crippen LogP) is 13.5. The third-order valence-corrected chi connectivity index (χ3v) is 11.8. The molecule has 0 spiro atoms. The van der Waals surface area contributed by atoms with Gasteiger partial charge in [-0.2, -0.15) is 0 Å². The van der Waals surface area contributed by atoms with E-state index in [4.69, 9.17) is 0 Å². The normalized spacial score (nSPS) is 15.4. The van der Waals surface area contributed by atoms with Crippen LogP contribution in [-0.4, -0.2) is 0 Å². The van der Waals surface area contributed by atoms with Crippen LogP contribution < -0.4 is 4.90 Å². The van der Waals surface area contributed by atoms with Crippen LogP contribution in [0.1, 0.15) is 86.8 Å². The summed E-state index contributed by atoms with van der Waals surface area (Å²) < 4.78 is 0. The zero-order valence-corrected chi connectivity index (χ0v) is 29.2. The summed E-state index contributed by atoms with van der Waals surface area (Å²) in [6.07, 6.45) is 9.07. The maximum atomic E-state index is 2.50. The maximum absolute atomic E-state index is 2.50. The summed E-state index contributed by atoms with van der Waals surface area (Å²) in [5.41, 5.74) is 15.3. The summed E-state index contributed by atoms with van der Waals surface area (Å²) in [5.74, 6) is 0. The van der Waals surface area contributed by atoms with Crippen molar-refractivity contribution in [2.75, 3.05) is 4.90 Å². The first kappa shape index (κ1) is 31.1. The van der Waals surface area contributed by atoms with Crippen LogP contribution in [0.2, 0.25) is 0 Å². The Hall–Kier alpha value is -5.14. The molecule has 0 amide bonds. The number of rotatable bonds is 9. The van der Waals surface area contributed by atoms with Crippen LogP contribution in [0.5, 0.6) is 0 Å². The lowest BCUT2D eigenvalue weighted by Crippen LogP contribution is -2.25. The lowest BCUT2D eigenvalue weighted by molar-refractivity contribution is 0.518. The Labute approximate surface area is 292 Å². The minimum Gasteiger partial charge on any atom is -0.310 e. The van der Waals surface area contributed by atoms with Crippen molar-refractivity contribution in [2.45, 2.75) is 64.2 Å². The largest absolute Gasteiger partial charge is 0.310 e. The number of fused-ring (bicyclic) bond motifs is 5. The first-order valence-electron chi connectivity index (χ1n) is 18.2. The summed E-state index contributed by atoms with van der Waals surface area (Å²) in [7, 11) is 0. The summed E-state index contributed by atoms with van der Waals surface area (Å²) in [6, 6.07) is 51.4. The number of allylic oxidation sites excluding steroid dienone is 2. The van der Waals surface area contributed by atoms with Gasteiger partial charge in [0.2, 0.25) is 0 Å². The summed E-state index contributed by atoms with van der Waals surface area (Å²) in [6.45, 7) is 9.56. The van der Waals surface area contributed by atoms with E-state index in [0.717, 1.165) is 42.7 Å². The number of para-hydroxylation sites is 2. The molecule has 0 saturated heterocycles. The third-order valence-electron chi connectivity index (χ3n) is 11.8. The minimum absolute atomic E-state index is 0.0464. The Balaban J connectivity index is 1.13. The van der Waals surface area contributed by atoms with Crippen LogP contribution in [0, 0.1) is 0 Å². The molecule has 242 valence electrons. The van der Waals surface area contributed by atoms with Gasteiger partial charge in [0.15, 0.2) is 0 Å². The predicted molar refractivity (Wildman–Crippen MR) is 212 cm³/mol. The fourth-order valence-electron chi connectivity index (χ4n) is 9.19. The van der Waals surface area contributed by atoms with Crippen LogP contribution in [0.3, 0.4) is 0 Å². The van der Waals surface area contributed by atoms with E-state index in [1.807, 2.05) is 0 Å². The molecular weight excluding hydrogens is 591 g/mol. The van der Waals surface area contributed by atoms with Gasteiger partial charge in [-0.05, 0) is 123 Å². The molecule has 6 aromatic carbocycles. The van der Waals surface area contributed by atoms with Crippen molar-refractivity contribution >= 4 is 51.1 Å². The SMILES string of the molecule is CCC1(CC)C2=C(c3ccccc31)C(CC)(CC)c1cc(/C=C/c3ccc4cc(N(c5ccccc5)c5ccccc5)ccc4c3)ccc12. The van der Waals surface area contributed by atoms with Gasteiger partial charge in [0, 0.05) is 27.9 Å². The van der Waals surface area contributed by atoms with Crippen LogP contribution >= 0.6 is 0 Å². The number of nitrogens with zero attached hydrogens (tertiary/aromatic N) is 1. The van der Waals surface area contributed by atoms with Gasteiger partial charge < -0.3 is 4.90 Å². The van der Waals surface area contributed by atoms with Gasteiger partial charge in [-0.25, -0.2) is 0 Å². The second-order valence-electron chi connectivity index (χ2n) is 13.8. The van der Waals surface area contributed by atoms with Crippen molar-refractivity contribution in [1.29, 1.82) is 0 Å². The molecule has 0 atom stereocenters. The van der Waals surface area contributed by atoms with E-state index < -0.39 is 0 Å². The molecule has 2 aliphatic rings. The molecule has 0 bridgehead atoms. The zero-order valence-electron chi connectivity index (χ0n) is 29.2. The molecular formula is C48H45N. The van der Waals surface area contributed by atoms with Gasteiger partial charge in [0.05, 0.1) is 0 Å². The third kappa shape index (κ3) is 4.82. The van der Waals surface area contributed by atoms with E-state index in [2.05, 4.69) is 184 Å². The fraction of sp³-hybridized carbons (Fsp3) is 0.208. The van der Waals surface area contributed by atoms with Gasteiger partial charge in [-0.1, -0.05) is 137 Å². The van der Waals surface area contributed by atoms with Gasteiger partial charge >= 0.3 is 0 Å². The quantitative estimate of drug-likeness (QED) is 0.143. The highest BCUT2D eigenvalue weighted by Crippen LogP contribution is 2.66. The number of hydrogen-bond acceptors (Lipinski definition) is 1. The lowest BCUT2D eigenvalue weighted by Gasteiger charge is -2.34. The van der Waals surface area contributed by atoms with E-state index in [1.165, 1.54) is 38.6 Å². The standard InChI is InChI=1S/C48H45N/c1-5-47(6-2)43-22-16-15-21-41(43)45-46(47)42-30-26-35(32-44(42)48(45,7-3)8-4)24-23-34-25-27-37-33-40(29-28-36(37)31-34)49(38-17-11-9-12-18-38)39-19-13-10-14-20-39/h9-33H,5-8H2,1-4H3/b24-23+. The maximum Gasteiger partial charge on any atom is 0.0468 e. The van der Waals surface area contributed by atoms with Crippen LogP contribution in [0.4, 0.5) is 17.1 Å². The van der Waals surface area contributed by atoms with Crippen LogP contribution in [0.15, 0.2) is 140 Å². The highest BCUT2D eigenvalue weighted by Gasteiger charge is 2.54. The number of hydrogen-bond donors (Lipinski definition) is 0. The van der Waals surface area contributed by atoms with Gasteiger partial charge in [0.1, 0.15) is 0 Å². The molecule has 0 N–H and O–H groups in total. The molecule has 49 heavy (non-hydrogen) atoms. The summed E-state index contributed by atoms with van der Waals surface area (Å²) in [4.78, 5) is 2.32. The van der Waals surface area contributed by atoms with E-state index in [1.54, 1.807) is 16.7 Å². The van der Waals surface area contributed by atoms with Gasteiger partial charge in [0.25, 0.3) is 0 Å². The highest BCUT2D eigenvalue weighted by atomic mass is 15.1. The molecule has 0 saturated carbocycles. The number of benzene rings is 6. The van der Waals surface area contributed by atoms with Crippen molar-refractivity contribution in [2.24, 2.45) is 0 Å². The Morgan fingerprint density at radius 1 is 0.429 bits per heavy atom. The Kier molecular flexibility index (Phi) is 7.87. The van der Waals surface area contributed by atoms with Gasteiger partial charge in [-0.3, -0.25) is 0 Å². The molecule has 0 fully saturated rings. The first-order chi connectivity index (χ1) is 24.1. The molecule has 6 aromatic rings. The van der Waals surface area contributed by atoms with E-state index in [0.29, 0.717) is 0 Å². The Morgan fingerprint density at radius 3 is 1.55 bits per heavy atom. The average Bonchev–Trinajstić information content (AvgIpc) is 3.63. The molecule has 1 nitrogen and oxygen atoms in total. The second kappa shape index (κ2) is 12.4. The van der Waals surface area contributed by atoms with Crippen molar-refractivity contribution in [1.82, 2.24) is 0 Å². The van der Waals surface area contributed by atoms with Crippen molar-refractivity contribution < 1.29 is 0 Å². The molecule has 0 aliphatic heterocycles. The van der Waals surface area contributed by atoms with Crippen molar-refractivity contribution in [3.05, 3.63) is 173 Å². The molecule has 0 aromatic heterocycles. The first-order valence-corrected chi connectivity index (χ1v) is 18.2. The molecule has 0 radical (unpaired) electrons. The Morgan fingerprint density at radius 2 is 0.918 bits per heavy atom. The molecule has 1 heteroatoms. The van der Waals surface area contributed by atoms with E-state index in [-0.39, 0.29) is 10.8 Å². The van der Waals surface area contributed by atoms with E-state index >= 15 is 0 Å². The molecule has 2 aliphatic carbocycles.